The number of urea groups is 1. The van der Waals surface area contributed by atoms with E-state index in [9.17, 15) is 19.5 Å². The van der Waals surface area contributed by atoms with Gasteiger partial charge >= 0.3 is 6.03 Å². The second kappa shape index (κ2) is 12.3. The zero-order valence-electron chi connectivity index (χ0n) is 21.1. The highest BCUT2D eigenvalue weighted by atomic mass is 35.5. The Morgan fingerprint density at radius 3 is 2.46 bits per heavy atom. The average Bonchev–Trinajstić information content (AvgIpc) is 2.89. The zero-order chi connectivity index (χ0) is 26.4. The predicted octanol–water partition coefficient (Wildman–Crippen LogP) is 2.78. The first kappa shape index (κ1) is 26.8. The Morgan fingerprint density at radius 1 is 1.03 bits per heavy atom. The molecule has 2 aliphatic rings. The molecule has 2 aromatic carbocycles. The normalized spacial score (nSPS) is 20.2. The van der Waals surface area contributed by atoms with E-state index < -0.39 is 12.2 Å². The van der Waals surface area contributed by atoms with E-state index in [1.807, 2.05) is 30.3 Å². The molecule has 37 heavy (non-hydrogen) atoms. The van der Waals surface area contributed by atoms with E-state index in [1.54, 1.807) is 51.1 Å². The van der Waals surface area contributed by atoms with Gasteiger partial charge in [0.25, 0.3) is 0 Å². The van der Waals surface area contributed by atoms with Crippen molar-refractivity contribution in [2.75, 3.05) is 32.6 Å². The van der Waals surface area contributed by atoms with Gasteiger partial charge in [-0.25, -0.2) is 14.8 Å². The molecule has 0 unspecified atom stereocenters. The number of nitrogens with zero attached hydrogens (tertiary/aromatic N) is 4. The van der Waals surface area contributed by atoms with Crippen LogP contribution < -0.4 is 5.32 Å². The van der Waals surface area contributed by atoms with Crippen LogP contribution in [0.25, 0.3) is 0 Å². The lowest BCUT2D eigenvalue weighted by molar-refractivity contribution is -0.186. The van der Waals surface area contributed by atoms with Crippen LogP contribution in [0.3, 0.4) is 0 Å². The Balaban J connectivity index is 1.59. The number of phenols is 1. The third-order valence-electron chi connectivity index (χ3n) is 6.86. The highest BCUT2D eigenvalue weighted by Crippen LogP contribution is 2.28. The Labute approximate surface area is 222 Å². The maximum atomic E-state index is 13.7. The quantitative estimate of drug-likeness (QED) is 0.386. The van der Waals surface area contributed by atoms with Gasteiger partial charge in [0, 0.05) is 32.4 Å². The van der Waals surface area contributed by atoms with Gasteiger partial charge in [0.2, 0.25) is 11.8 Å². The van der Waals surface area contributed by atoms with Crippen LogP contribution in [0.1, 0.15) is 30.4 Å². The number of halogens is 1. The van der Waals surface area contributed by atoms with Crippen LogP contribution in [0.5, 0.6) is 5.75 Å². The van der Waals surface area contributed by atoms with E-state index in [0.29, 0.717) is 25.4 Å². The largest absolute Gasteiger partial charge is 0.508 e. The van der Waals surface area contributed by atoms with Gasteiger partial charge in [0.05, 0.1) is 13.1 Å². The van der Waals surface area contributed by atoms with E-state index in [0.717, 1.165) is 30.4 Å². The number of alkyl halides is 1. The van der Waals surface area contributed by atoms with Crippen molar-refractivity contribution < 1.29 is 19.5 Å². The number of phenolic OH excluding ortho intramolecular Hbond substituents is 1. The molecule has 2 fully saturated rings. The van der Waals surface area contributed by atoms with Gasteiger partial charge in [-0.2, -0.15) is 0 Å². The fourth-order valence-electron chi connectivity index (χ4n) is 4.99. The average molecular weight is 528 g/mol. The first-order chi connectivity index (χ1) is 17.9. The SMILES string of the molecule is CN1CC(=O)N2[C@@H](Cc3ccc(O)cc3)C(=O)N(CCCCCCl)C[C@@H]2N1C(=O)NCc1ccccc1. The lowest BCUT2D eigenvalue weighted by Gasteiger charge is -2.54. The molecule has 2 aliphatic heterocycles. The molecule has 2 aromatic rings. The molecule has 0 spiro atoms. The fraction of sp³-hybridized carbons (Fsp3) is 0.444. The van der Waals surface area contributed by atoms with Gasteiger partial charge in [0.15, 0.2) is 0 Å². The molecule has 0 aliphatic carbocycles. The number of fused-ring (bicyclic) bond motifs is 1. The first-order valence-corrected chi connectivity index (χ1v) is 13.2. The van der Waals surface area contributed by atoms with E-state index in [4.69, 9.17) is 11.6 Å². The number of nitrogens with one attached hydrogen (secondary N) is 1. The molecule has 10 heteroatoms. The van der Waals surface area contributed by atoms with E-state index in [1.165, 1.54) is 0 Å². The molecule has 4 amide bonds. The Bertz CT molecular complexity index is 1080. The fourth-order valence-corrected chi connectivity index (χ4v) is 5.18. The number of amides is 4. The Kier molecular flexibility index (Phi) is 8.89. The second-order valence-electron chi connectivity index (χ2n) is 9.51. The molecule has 0 aromatic heterocycles. The Hall–Kier alpha value is -3.30. The smallest absolute Gasteiger partial charge is 0.334 e. The molecule has 198 valence electrons. The van der Waals surface area contributed by atoms with Crippen molar-refractivity contribution in [3.63, 3.8) is 0 Å². The second-order valence-corrected chi connectivity index (χ2v) is 9.88. The summed E-state index contributed by atoms with van der Waals surface area (Å²) in [5, 5.41) is 15.8. The molecule has 2 N–H and O–H groups in total. The van der Waals surface area contributed by atoms with Crippen LogP contribution >= 0.6 is 11.6 Å². The number of carbonyl (C=O) groups excluding carboxylic acids is 3. The van der Waals surface area contributed by atoms with Gasteiger partial charge in [-0.1, -0.05) is 48.9 Å². The number of hydrazine groups is 1. The molecule has 0 bridgehead atoms. The highest BCUT2D eigenvalue weighted by molar-refractivity contribution is 6.17. The minimum absolute atomic E-state index is 0.00959. The molecule has 2 heterocycles. The minimum atomic E-state index is -0.748. The van der Waals surface area contributed by atoms with Crippen LogP contribution in [-0.4, -0.2) is 87.5 Å². The summed E-state index contributed by atoms with van der Waals surface area (Å²) in [5.74, 6) is 0.383. The maximum absolute atomic E-state index is 13.7. The maximum Gasteiger partial charge on any atom is 0.334 e. The van der Waals surface area contributed by atoms with Crippen molar-refractivity contribution in [2.45, 2.75) is 44.4 Å². The standard InChI is InChI=1S/C27H34ClN5O4/c1-30-19-25(35)32-23(16-20-10-12-22(34)13-11-20)26(36)31(15-7-3-6-14-28)18-24(32)33(30)27(37)29-17-21-8-4-2-5-9-21/h2,4-5,8-13,23-24,34H,3,6-7,14-19H2,1H3,(H,29,37)/t23-,24-/m0/s1. The summed E-state index contributed by atoms with van der Waals surface area (Å²) in [6, 6.07) is 15.2. The molecule has 2 saturated heterocycles. The first-order valence-electron chi connectivity index (χ1n) is 12.6. The van der Waals surface area contributed by atoms with Crippen LogP contribution in [0.15, 0.2) is 54.6 Å². The molecule has 2 atom stereocenters. The summed E-state index contributed by atoms with van der Waals surface area (Å²) in [7, 11) is 1.72. The van der Waals surface area contributed by atoms with Crippen molar-refractivity contribution in [1.29, 1.82) is 0 Å². The van der Waals surface area contributed by atoms with Gasteiger partial charge < -0.3 is 20.2 Å². The predicted molar refractivity (Wildman–Crippen MR) is 141 cm³/mol. The van der Waals surface area contributed by atoms with Gasteiger partial charge in [-0.05, 0) is 36.1 Å². The number of aromatic hydroxyl groups is 1. The lowest BCUT2D eigenvalue weighted by Crippen LogP contribution is -2.76. The number of benzene rings is 2. The summed E-state index contributed by atoms with van der Waals surface area (Å²) < 4.78 is 0. The molecule has 0 saturated carbocycles. The number of rotatable bonds is 9. The summed E-state index contributed by atoms with van der Waals surface area (Å²) in [4.78, 5) is 43.7. The van der Waals surface area contributed by atoms with Crippen molar-refractivity contribution in [3.05, 3.63) is 65.7 Å². The number of likely N-dealkylation sites (N-methyl/N-ethyl adjacent to an activating group) is 1. The van der Waals surface area contributed by atoms with E-state index >= 15 is 0 Å². The van der Waals surface area contributed by atoms with Crippen LogP contribution in [0, 0.1) is 0 Å². The zero-order valence-corrected chi connectivity index (χ0v) is 21.8. The molecular weight excluding hydrogens is 494 g/mol. The molecule has 9 nitrogen and oxygen atoms in total. The van der Waals surface area contributed by atoms with Gasteiger partial charge in [-0.15, -0.1) is 11.6 Å². The topological polar surface area (TPSA) is 96.4 Å². The van der Waals surface area contributed by atoms with Crippen LogP contribution in [0.4, 0.5) is 4.79 Å². The highest BCUT2D eigenvalue weighted by Gasteiger charge is 2.50. The number of piperazine rings is 1. The van der Waals surface area contributed by atoms with Gasteiger partial charge in [0.1, 0.15) is 18.0 Å². The van der Waals surface area contributed by atoms with Crippen LogP contribution in [-0.2, 0) is 22.6 Å². The summed E-state index contributed by atoms with van der Waals surface area (Å²) in [6.45, 7) is 1.11. The Morgan fingerprint density at radius 2 is 1.76 bits per heavy atom. The summed E-state index contributed by atoms with van der Waals surface area (Å²) >= 11 is 5.83. The third kappa shape index (κ3) is 6.34. The number of hydrogen-bond acceptors (Lipinski definition) is 5. The summed E-state index contributed by atoms with van der Waals surface area (Å²) in [6.07, 6.45) is 2.22. The van der Waals surface area contributed by atoms with Crippen molar-refractivity contribution in [3.8, 4) is 5.75 Å². The number of hydrogen-bond donors (Lipinski definition) is 2. The van der Waals surface area contributed by atoms with Crippen molar-refractivity contribution >= 4 is 29.4 Å². The van der Waals surface area contributed by atoms with Crippen molar-refractivity contribution in [1.82, 2.24) is 25.1 Å². The lowest BCUT2D eigenvalue weighted by atomic mass is 9.98. The molecule has 4 rings (SSSR count). The molecular formula is C27H34ClN5O4. The van der Waals surface area contributed by atoms with Crippen LogP contribution in [0.2, 0.25) is 0 Å². The third-order valence-corrected chi connectivity index (χ3v) is 7.13. The van der Waals surface area contributed by atoms with Gasteiger partial charge in [-0.3, -0.25) is 9.59 Å². The number of unbranched alkanes of at least 4 members (excludes halogenated alkanes) is 2. The van der Waals surface area contributed by atoms with E-state index in [2.05, 4.69) is 5.32 Å². The van der Waals surface area contributed by atoms with Crippen molar-refractivity contribution in [2.24, 2.45) is 0 Å². The summed E-state index contributed by atoms with van der Waals surface area (Å²) in [5.41, 5.74) is 1.79. The minimum Gasteiger partial charge on any atom is -0.508 e. The molecule has 0 radical (unpaired) electrons. The monoisotopic (exact) mass is 527 g/mol. The number of carbonyl (C=O) groups is 3. The van der Waals surface area contributed by atoms with E-state index in [-0.39, 0.29) is 36.7 Å².